The molecule has 0 aromatic heterocycles. The Morgan fingerprint density at radius 3 is 2.83 bits per heavy atom. The molecule has 0 radical (unpaired) electrons. The van der Waals surface area contributed by atoms with Gasteiger partial charge in [0.15, 0.2) is 0 Å². The number of benzene rings is 1. The van der Waals surface area contributed by atoms with Crippen molar-refractivity contribution in [2.75, 3.05) is 25.0 Å². The van der Waals surface area contributed by atoms with Gasteiger partial charge in [0.1, 0.15) is 0 Å². The Bertz CT molecular complexity index is 417. The van der Waals surface area contributed by atoms with Crippen LogP contribution in [-0.2, 0) is 4.79 Å². The zero-order valence-electron chi connectivity index (χ0n) is 10.1. The summed E-state index contributed by atoms with van der Waals surface area (Å²) in [5, 5.41) is 12.8. The molecule has 0 unspecified atom stereocenters. The van der Waals surface area contributed by atoms with Crippen molar-refractivity contribution < 1.29 is 9.90 Å². The van der Waals surface area contributed by atoms with E-state index >= 15 is 0 Å². The van der Waals surface area contributed by atoms with Crippen LogP contribution in [0.4, 0.5) is 5.69 Å². The highest BCUT2D eigenvalue weighted by Crippen LogP contribution is 2.15. The molecule has 4 nitrogen and oxygen atoms in total. The second kappa shape index (κ2) is 6.18. The normalized spacial score (nSPS) is 17.7. The van der Waals surface area contributed by atoms with Gasteiger partial charge < -0.3 is 10.4 Å². The highest BCUT2D eigenvalue weighted by atomic mass is 35.5. The second-order valence-electron chi connectivity index (χ2n) is 4.57. The predicted octanol–water partition coefficient (Wildman–Crippen LogP) is 1.74. The van der Waals surface area contributed by atoms with Gasteiger partial charge in [0.25, 0.3) is 0 Å². The summed E-state index contributed by atoms with van der Waals surface area (Å²) in [6.07, 6.45) is 1.27. The van der Waals surface area contributed by atoms with Crippen molar-refractivity contribution >= 4 is 23.2 Å². The number of aliphatic hydroxyl groups is 1. The molecule has 0 atom stereocenters. The maximum atomic E-state index is 11.8. The van der Waals surface area contributed by atoms with E-state index in [1.807, 2.05) is 11.0 Å². The van der Waals surface area contributed by atoms with Crippen LogP contribution in [0.15, 0.2) is 24.3 Å². The van der Waals surface area contributed by atoms with Crippen LogP contribution in [-0.4, -0.2) is 41.7 Å². The van der Waals surface area contributed by atoms with Crippen LogP contribution in [0.2, 0.25) is 5.02 Å². The summed E-state index contributed by atoms with van der Waals surface area (Å²) >= 11 is 5.85. The van der Waals surface area contributed by atoms with Crippen molar-refractivity contribution in [2.45, 2.75) is 18.9 Å². The molecule has 2 N–H and O–H groups in total. The molecule has 0 spiro atoms. The molecular formula is C13H17ClN2O2. The Labute approximate surface area is 112 Å². The van der Waals surface area contributed by atoms with Crippen molar-refractivity contribution in [3.8, 4) is 0 Å². The Balaban J connectivity index is 1.82. The van der Waals surface area contributed by atoms with Crippen LogP contribution in [0, 0.1) is 0 Å². The van der Waals surface area contributed by atoms with Crippen LogP contribution in [0.25, 0.3) is 0 Å². The van der Waals surface area contributed by atoms with Crippen molar-refractivity contribution in [2.24, 2.45) is 0 Å². The summed E-state index contributed by atoms with van der Waals surface area (Å²) in [5.74, 6) is -0.0475. The van der Waals surface area contributed by atoms with E-state index in [-0.39, 0.29) is 12.0 Å². The van der Waals surface area contributed by atoms with Gasteiger partial charge >= 0.3 is 0 Å². The summed E-state index contributed by atoms with van der Waals surface area (Å²) in [4.78, 5) is 13.9. The summed E-state index contributed by atoms with van der Waals surface area (Å²) in [6, 6.07) is 7.10. The van der Waals surface area contributed by atoms with Crippen LogP contribution in [0.1, 0.15) is 12.8 Å². The molecule has 0 aliphatic carbocycles. The van der Waals surface area contributed by atoms with Crippen LogP contribution < -0.4 is 5.32 Å². The number of hydrogen-bond acceptors (Lipinski definition) is 3. The Morgan fingerprint density at radius 1 is 1.44 bits per heavy atom. The molecule has 2 rings (SSSR count). The average molecular weight is 269 g/mol. The van der Waals surface area contributed by atoms with Gasteiger partial charge in [0, 0.05) is 23.8 Å². The van der Waals surface area contributed by atoms with Gasteiger partial charge in [-0.15, -0.1) is 0 Å². The van der Waals surface area contributed by atoms with Gasteiger partial charge in [-0.3, -0.25) is 9.69 Å². The zero-order chi connectivity index (χ0) is 13.0. The molecule has 1 fully saturated rings. The molecule has 1 aliphatic heterocycles. The highest BCUT2D eigenvalue weighted by Gasteiger charge is 2.18. The molecule has 1 aromatic rings. The van der Waals surface area contributed by atoms with Crippen molar-refractivity contribution in [3.05, 3.63) is 29.3 Å². The quantitative estimate of drug-likeness (QED) is 0.878. The smallest absolute Gasteiger partial charge is 0.238 e. The molecule has 98 valence electrons. The fourth-order valence-electron chi connectivity index (χ4n) is 2.05. The van der Waals surface area contributed by atoms with Gasteiger partial charge in [0.05, 0.1) is 12.6 Å². The minimum Gasteiger partial charge on any atom is -0.393 e. The first kappa shape index (κ1) is 13.3. The zero-order valence-corrected chi connectivity index (χ0v) is 10.9. The van der Waals surface area contributed by atoms with Crippen molar-refractivity contribution in [3.63, 3.8) is 0 Å². The molecule has 5 heteroatoms. The number of nitrogens with zero attached hydrogens (tertiary/aromatic N) is 1. The van der Waals surface area contributed by atoms with E-state index in [1.54, 1.807) is 18.2 Å². The first-order chi connectivity index (χ1) is 8.63. The fourth-order valence-corrected chi connectivity index (χ4v) is 2.24. The number of hydrogen-bond donors (Lipinski definition) is 2. The number of aliphatic hydroxyl groups excluding tert-OH is 1. The number of amides is 1. The van der Waals surface area contributed by atoms with E-state index in [0.29, 0.717) is 17.3 Å². The molecule has 0 saturated carbocycles. The van der Waals surface area contributed by atoms with Crippen LogP contribution in [0.5, 0.6) is 0 Å². The van der Waals surface area contributed by atoms with Crippen molar-refractivity contribution in [1.29, 1.82) is 0 Å². The summed E-state index contributed by atoms with van der Waals surface area (Å²) in [6.45, 7) is 1.90. The van der Waals surface area contributed by atoms with Gasteiger partial charge in [0.2, 0.25) is 5.91 Å². The van der Waals surface area contributed by atoms with Gasteiger partial charge in [-0.05, 0) is 31.0 Å². The monoisotopic (exact) mass is 268 g/mol. The van der Waals surface area contributed by atoms with Gasteiger partial charge in [-0.25, -0.2) is 0 Å². The number of nitrogens with one attached hydrogen (secondary N) is 1. The number of piperidine rings is 1. The molecule has 1 amide bonds. The summed E-state index contributed by atoms with van der Waals surface area (Å²) in [7, 11) is 0. The van der Waals surface area contributed by atoms with E-state index in [2.05, 4.69) is 5.32 Å². The SMILES string of the molecule is O=C(CN1CCC(O)CC1)Nc1cccc(Cl)c1. The number of carbonyl (C=O) groups is 1. The lowest BCUT2D eigenvalue weighted by Gasteiger charge is -2.28. The largest absolute Gasteiger partial charge is 0.393 e. The number of carbonyl (C=O) groups excluding carboxylic acids is 1. The van der Waals surface area contributed by atoms with E-state index in [4.69, 9.17) is 11.6 Å². The van der Waals surface area contributed by atoms with Gasteiger partial charge in [-0.2, -0.15) is 0 Å². The topological polar surface area (TPSA) is 52.6 Å². The van der Waals surface area contributed by atoms with E-state index in [9.17, 15) is 9.90 Å². The minimum atomic E-state index is -0.211. The lowest BCUT2D eigenvalue weighted by Crippen LogP contribution is -2.40. The molecule has 0 bridgehead atoms. The maximum absolute atomic E-state index is 11.8. The average Bonchev–Trinajstić information content (AvgIpc) is 2.32. The van der Waals surface area contributed by atoms with Crippen molar-refractivity contribution in [1.82, 2.24) is 4.90 Å². The molecule has 18 heavy (non-hydrogen) atoms. The van der Waals surface area contributed by atoms with Crippen LogP contribution >= 0.6 is 11.6 Å². The van der Waals surface area contributed by atoms with E-state index in [0.717, 1.165) is 25.9 Å². The van der Waals surface area contributed by atoms with Crippen LogP contribution in [0.3, 0.4) is 0 Å². The standard InChI is InChI=1S/C13H17ClN2O2/c14-10-2-1-3-11(8-10)15-13(18)9-16-6-4-12(17)5-7-16/h1-3,8,12,17H,4-7,9H2,(H,15,18). The molecule has 1 aromatic carbocycles. The predicted molar refractivity (Wildman–Crippen MR) is 71.8 cm³/mol. The second-order valence-corrected chi connectivity index (χ2v) is 5.00. The third-order valence-electron chi connectivity index (χ3n) is 3.03. The highest BCUT2D eigenvalue weighted by molar-refractivity contribution is 6.30. The number of rotatable bonds is 3. The summed E-state index contributed by atoms with van der Waals surface area (Å²) in [5.41, 5.74) is 0.713. The molecule has 1 aliphatic rings. The summed E-state index contributed by atoms with van der Waals surface area (Å²) < 4.78 is 0. The maximum Gasteiger partial charge on any atom is 0.238 e. The third-order valence-corrected chi connectivity index (χ3v) is 3.27. The molecule has 1 heterocycles. The third kappa shape index (κ3) is 3.98. The lowest BCUT2D eigenvalue weighted by atomic mass is 10.1. The minimum absolute atomic E-state index is 0.0475. The Morgan fingerprint density at radius 2 is 2.17 bits per heavy atom. The Hall–Kier alpha value is -1.10. The molecular weight excluding hydrogens is 252 g/mol. The lowest BCUT2D eigenvalue weighted by molar-refractivity contribution is -0.117. The first-order valence-electron chi connectivity index (χ1n) is 6.09. The molecule has 1 saturated heterocycles. The van der Waals surface area contributed by atoms with Gasteiger partial charge in [-0.1, -0.05) is 17.7 Å². The Kier molecular flexibility index (Phi) is 4.58. The fraction of sp³-hybridized carbons (Fsp3) is 0.462. The number of likely N-dealkylation sites (tertiary alicyclic amines) is 1. The van der Waals surface area contributed by atoms with E-state index < -0.39 is 0 Å². The first-order valence-corrected chi connectivity index (χ1v) is 6.47. The number of anilines is 1. The number of halogens is 1. The van der Waals surface area contributed by atoms with E-state index in [1.165, 1.54) is 0 Å².